The molecule has 0 radical (unpaired) electrons. The molecule has 2 aromatic carbocycles. The van der Waals surface area contributed by atoms with E-state index < -0.39 is 5.91 Å². The lowest BCUT2D eigenvalue weighted by Gasteiger charge is -2.09. The van der Waals surface area contributed by atoms with E-state index in [0.717, 1.165) is 0 Å². The molecule has 2 aromatic rings. The predicted octanol–water partition coefficient (Wildman–Crippen LogP) is 2.81. The maximum Gasteiger partial charge on any atom is 0.252 e. The summed E-state index contributed by atoms with van der Waals surface area (Å²) in [5, 5.41) is 0.606. The number of hydrogen-bond acceptors (Lipinski definition) is 3. The molecule has 0 aliphatic carbocycles. The Balaban J connectivity index is 2.34. The van der Waals surface area contributed by atoms with Gasteiger partial charge in [0.25, 0.3) is 5.91 Å². The number of carbonyl (C=O) groups is 1. The predicted molar refractivity (Wildman–Crippen MR) is 70.9 cm³/mol. The average Bonchev–Trinajstić information content (AvgIpc) is 2.34. The zero-order valence-electron chi connectivity index (χ0n) is 9.39. The van der Waals surface area contributed by atoms with Crippen LogP contribution in [0.1, 0.15) is 10.4 Å². The first-order chi connectivity index (χ1) is 8.56. The fourth-order valence-corrected chi connectivity index (χ4v) is 1.58. The van der Waals surface area contributed by atoms with Gasteiger partial charge < -0.3 is 16.2 Å². The summed E-state index contributed by atoms with van der Waals surface area (Å²) in [5.41, 5.74) is 11.6. The largest absolute Gasteiger partial charge is 0.457 e. The second-order valence-electron chi connectivity index (χ2n) is 3.68. The molecule has 2 rings (SSSR count). The second-order valence-corrected chi connectivity index (χ2v) is 4.11. The molecule has 0 aliphatic rings. The van der Waals surface area contributed by atoms with Gasteiger partial charge in [0.15, 0.2) is 0 Å². The van der Waals surface area contributed by atoms with Gasteiger partial charge in [0, 0.05) is 10.7 Å². The highest BCUT2D eigenvalue weighted by molar-refractivity contribution is 6.30. The molecule has 0 heterocycles. The molecule has 0 bridgehead atoms. The van der Waals surface area contributed by atoms with Crippen molar-refractivity contribution in [3.63, 3.8) is 0 Å². The van der Waals surface area contributed by atoms with E-state index in [1.165, 1.54) is 6.07 Å². The Morgan fingerprint density at radius 1 is 1.11 bits per heavy atom. The summed E-state index contributed by atoms with van der Waals surface area (Å²) >= 11 is 5.77. The van der Waals surface area contributed by atoms with Gasteiger partial charge in [-0.05, 0) is 42.5 Å². The summed E-state index contributed by atoms with van der Waals surface area (Å²) in [7, 11) is 0. The summed E-state index contributed by atoms with van der Waals surface area (Å²) in [6, 6.07) is 11.5. The van der Waals surface area contributed by atoms with Crippen LogP contribution in [0.25, 0.3) is 0 Å². The summed E-state index contributed by atoms with van der Waals surface area (Å²) in [6.45, 7) is 0. The molecule has 0 aliphatic heterocycles. The van der Waals surface area contributed by atoms with Gasteiger partial charge >= 0.3 is 0 Å². The molecule has 4 N–H and O–H groups in total. The molecule has 0 unspecified atom stereocenters. The smallest absolute Gasteiger partial charge is 0.252 e. The van der Waals surface area contributed by atoms with E-state index in [2.05, 4.69) is 0 Å². The summed E-state index contributed by atoms with van der Waals surface area (Å²) in [6.07, 6.45) is 0. The van der Waals surface area contributed by atoms with Crippen molar-refractivity contribution < 1.29 is 9.53 Å². The van der Waals surface area contributed by atoms with Crippen LogP contribution in [0.2, 0.25) is 5.02 Å². The van der Waals surface area contributed by atoms with Crippen LogP contribution in [0.4, 0.5) is 5.69 Å². The first-order valence-corrected chi connectivity index (χ1v) is 5.57. The topological polar surface area (TPSA) is 78.3 Å². The fourth-order valence-electron chi connectivity index (χ4n) is 1.46. The van der Waals surface area contributed by atoms with Crippen LogP contribution < -0.4 is 16.2 Å². The van der Waals surface area contributed by atoms with Crippen molar-refractivity contribution >= 4 is 23.2 Å². The lowest BCUT2D eigenvalue weighted by molar-refractivity contribution is 0.0998. The van der Waals surface area contributed by atoms with Gasteiger partial charge in [-0.1, -0.05) is 11.6 Å². The van der Waals surface area contributed by atoms with Crippen LogP contribution in [0.3, 0.4) is 0 Å². The van der Waals surface area contributed by atoms with Crippen molar-refractivity contribution in [2.45, 2.75) is 0 Å². The maximum absolute atomic E-state index is 11.3. The maximum atomic E-state index is 11.3. The van der Waals surface area contributed by atoms with E-state index in [1.807, 2.05) is 0 Å². The number of benzene rings is 2. The SMILES string of the molecule is NC(=O)c1cc(N)ccc1Oc1ccc(Cl)cc1. The van der Waals surface area contributed by atoms with Gasteiger partial charge in [-0.15, -0.1) is 0 Å². The van der Waals surface area contributed by atoms with Gasteiger partial charge in [-0.2, -0.15) is 0 Å². The first kappa shape index (κ1) is 12.3. The number of carbonyl (C=O) groups excluding carboxylic acids is 1. The number of nitrogens with two attached hydrogens (primary N) is 2. The fraction of sp³-hybridized carbons (Fsp3) is 0. The number of hydrogen-bond donors (Lipinski definition) is 2. The molecule has 0 spiro atoms. The summed E-state index contributed by atoms with van der Waals surface area (Å²) < 4.78 is 5.57. The lowest BCUT2D eigenvalue weighted by atomic mass is 10.1. The van der Waals surface area contributed by atoms with E-state index in [0.29, 0.717) is 22.2 Å². The van der Waals surface area contributed by atoms with Crippen molar-refractivity contribution in [3.05, 3.63) is 53.1 Å². The number of ether oxygens (including phenoxy) is 1. The highest BCUT2D eigenvalue weighted by Crippen LogP contribution is 2.27. The zero-order chi connectivity index (χ0) is 13.1. The minimum absolute atomic E-state index is 0.241. The number of halogens is 1. The van der Waals surface area contributed by atoms with E-state index in [9.17, 15) is 4.79 Å². The van der Waals surface area contributed by atoms with Crippen LogP contribution in [0, 0.1) is 0 Å². The van der Waals surface area contributed by atoms with Crippen LogP contribution in [0.5, 0.6) is 11.5 Å². The van der Waals surface area contributed by atoms with Gasteiger partial charge in [0.1, 0.15) is 11.5 Å². The third kappa shape index (κ3) is 2.73. The van der Waals surface area contributed by atoms with Crippen LogP contribution in [-0.4, -0.2) is 5.91 Å². The van der Waals surface area contributed by atoms with Crippen LogP contribution in [-0.2, 0) is 0 Å². The van der Waals surface area contributed by atoms with Crippen LogP contribution >= 0.6 is 11.6 Å². The Morgan fingerprint density at radius 2 is 1.78 bits per heavy atom. The van der Waals surface area contributed by atoms with Crippen LogP contribution in [0.15, 0.2) is 42.5 Å². The highest BCUT2D eigenvalue weighted by atomic mass is 35.5. The third-order valence-electron chi connectivity index (χ3n) is 2.31. The molecule has 4 nitrogen and oxygen atoms in total. The third-order valence-corrected chi connectivity index (χ3v) is 2.56. The Bertz CT molecular complexity index is 582. The van der Waals surface area contributed by atoms with Gasteiger partial charge in [0.05, 0.1) is 5.56 Å². The van der Waals surface area contributed by atoms with Crippen molar-refractivity contribution in [1.82, 2.24) is 0 Å². The van der Waals surface area contributed by atoms with Crippen molar-refractivity contribution in [2.75, 3.05) is 5.73 Å². The minimum atomic E-state index is -0.591. The Labute approximate surface area is 109 Å². The van der Waals surface area contributed by atoms with Crippen molar-refractivity contribution in [3.8, 4) is 11.5 Å². The van der Waals surface area contributed by atoms with E-state index >= 15 is 0 Å². The number of nitrogen functional groups attached to an aromatic ring is 1. The van der Waals surface area contributed by atoms with Gasteiger partial charge in [-0.25, -0.2) is 0 Å². The van der Waals surface area contributed by atoms with Crippen molar-refractivity contribution in [1.29, 1.82) is 0 Å². The molecule has 0 fully saturated rings. The number of rotatable bonds is 3. The molecule has 5 heteroatoms. The van der Waals surface area contributed by atoms with E-state index in [4.69, 9.17) is 27.8 Å². The molecule has 0 aromatic heterocycles. The average molecular weight is 263 g/mol. The number of amides is 1. The Hall–Kier alpha value is -2.20. The first-order valence-electron chi connectivity index (χ1n) is 5.19. The van der Waals surface area contributed by atoms with E-state index in [-0.39, 0.29) is 5.56 Å². The molecule has 1 amide bonds. The normalized spacial score (nSPS) is 10.1. The highest BCUT2D eigenvalue weighted by Gasteiger charge is 2.10. The number of primary amides is 1. The molecule has 18 heavy (non-hydrogen) atoms. The minimum Gasteiger partial charge on any atom is -0.457 e. The Kier molecular flexibility index (Phi) is 3.39. The molecule has 0 saturated heterocycles. The Morgan fingerprint density at radius 3 is 2.39 bits per heavy atom. The van der Waals surface area contributed by atoms with Gasteiger partial charge in [0.2, 0.25) is 0 Å². The summed E-state index contributed by atoms with van der Waals surface area (Å²) in [4.78, 5) is 11.3. The second kappa shape index (κ2) is 4.98. The van der Waals surface area contributed by atoms with Crippen molar-refractivity contribution in [2.24, 2.45) is 5.73 Å². The lowest BCUT2D eigenvalue weighted by Crippen LogP contribution is -2.12. The molecule has 92 valence electrons. The molecular formula is C13H11ClN2O2. The number of anilines is 1. The molecule has 0 saturated carbocycles. The van der Waals surface area contributed by atoms with E-state index in [1.54, 1.807) is 36.4 Å². The quantitative estimate of drug-likeness (QED) is 0.835. The zero-order valence-corrected chi connectivity index (χ0v) is 10.1. The monoisotopic (exact) mass is 262 g/mol. The summed E-state index contributed by atoms with van der Waals surface area (Å²) in [5.74, 6) is 0.331. The van der Waals surface area contributed by atoms with Gasteiger partial charge in [-0.3, -0.25) is 4.79 Å². The standard InChI is InChI=1S/C13H11ClN2O2/c14-8-1-4-10(5-2-8)18-12-6-3-9(15)7-11(12)13(16)17/h1-7H,15H2,(H2,16,17). The molecule has 0 atom stereocenters. The molecular weight excluding hydrogens is 252 g/mol.